The summed E-state index contributed by atoms with van der Waals surface area (Å²) in [5.74, 6) is -0.503. The highest BCUT2D eigenvalue weighted by Crippen LogP contribution is 2.59. The van der Waals surface area contributed by atoms with Crippen molar-refractivity contribution in [1.82, 2.24) is 0 Å². The second kappa shape index (κ2) is 8.65. The van der Waals surface area contributed by atoms with Crippen LogP contribution in [0.5, 0.6) is 0 Å². The number of para-hydroxylation sites is 1. The molecule has 29 heavy (non-hydrogen) atoms. The molecule has 0 aliphatic heterocycles. The van der Waals surface area contributed by atoms with Crippen LogP contribution in [-0.4, -0.2) is 6.61 Å². The lowest BCUT2D eigenvalue weighted by Gasteiger charge is -2.30. The van der Waals surface area contributed by atoms with Crippen molar-refractivity contribution < 1.29 is 9.09 Å². The summed E-state index contributed by atoms with van der Waals surface area (Å²) in [7, 11) is -3.33. The third kappa shape index (κ3) is 3.98. The van der Waals surface area contributed by atoms with Crippen LogP contribution >= 0.6 is 7.37 Å². The Balaban J connectivity index is 1.91. The fourth-order valence-electron chi connectivity index (χ4n) is 3.65. The van der Waals surface area contributed by atoms with Gasteiger partial charge in [-0.05, 0) is 41.5 Å². The van der Waals surface area contributed by atoms with Crippen molar-refractivity contribution in [3.63, 3.8) is 0 Å². The Bertz CT molecular complexity index is 1120. The smallest absolute Gasteiger partial charge is 0.258 e. The summed E-state index contributed by atoms with van der Waals surface area (Å²) in [5.41, 5.74) is 1.84. The van der Waals surface area contributed by atoms with Gasteiger partial charge in [0.05, 0.1) is 6.61 Å². The third-order valence-electron chi connectivity index (χ3n) is 4.96. The Morgan fingerprint density at radius 1 is 0.793 bits per heavy atom. The molecule has 0 aromatic heterocycles. The van der Waals surface area contributed by atoms with E-state index < -0.39 is 13.2 Å². The van der Waals surface area contributed by atoms with Gasteiger partial charge < -0.3 is 9.84 Å². The molecule has 0 aliphatic rings. The minimum absolute atomic E-state index is 0.361. The second-order valence-corrected chi connectivity index (χ2v) is 9.29. The molecule has 146 valence electrons. The van der Waals surface area contributed by atoms with Crippen LogP contribution in [0.4, 0.5) is 5.69 Å². The summed E-state index contributed by atoms with van der Waals surface area (Å²) in [4.78, 5) is 0. The quantitative estimate of drug-likeness (QED) is 0.355. The summed E-state index contributed by atoms with van der Waals surface area (Å²) >= 11 is 0. The number of hydrogen-bond acceptors (Lipinski definition) is 3. The van der Waals surface area contributed by atoms with Crippen molar-refractivity contribution in [2.45, 2.75) is 12.7 Å². The van der Waals surface area contributed by atoms with Gasteiger partial charge >= 0.3 is 0 Å². The van der Waals surface area contributed by atoms with Crippen LogP contribution in [0.1, 0.15) is 18.3 Å². The minimum Gasteiger partial charge on any atom is -0.370 e. The summed E-state index contributed by atoms with van der Waals surface area (Å²) in [5, 5.41) is 6.25. The zero-order valence-corrected chi connectivity index (χ0v) is 17.3. The monoisotopic (exact) mass is 401 g/mol. The van der Waals surface area contributed by atoms with Crippen LogP contribution in [0, 0.1) is 0 Å². The molecule has 2 atom stereocenters. The van der Waals surface area contributed by atoms with Crippen molar-refractivity contribution in [2.24, 2.45) is 0 Å². The molecule has 0 spiro atoms. The predicted octanol–water partition coefficient (Wildman–Crippen LogP) is 6.59. The molecule has 4 aromatic rings. The molecular weight excluding hydrogens is 377 g/mol. The zero-order chi connectivity index (χ0) is 20.1. The fraction of sp³-hybridized carbons (Fsp3) is 0.120. The molecule has 0 fully saturated rings. The van der Waals surface area contributed by atoms with Gasteiger partial charge in [-0.25, -0.2) is 0 Å². The van der Waals surface area contributed by atoms with E-state index in [0.29, 0.717) is 6.61 Å². The lowest BCUT2D eigenvalue weighted by molar-refractivity contribution is 0.335. The normalized spacial score (nSPS) is 14.2. The van der Waals surface area contributed by atoms with Gasteiger partial charge in [0.25, 0.3) is 7.37 Å². The molecule has 4 aromatic carbocycles. The van der Waals surface area contributed by atoms with Crippen molar-refractivity contribution in [1.29, 1.82) is 0 Å². The van der Waals surface area contributed by atoms with E-state index in [1.54, 1.807) is 0 Å². The Hall–Kier alpha value is -2.87. The number of fused-ring (bicyclic) bond motifs is 1. The number of benzene rings is 4. The molecule has 4 rings (SSSR count). The zero-order valence-electron chi connectivity index (χ0n) is 16.4. The van der Waals surface area contributed by atoms with E-state index in [1.165, 1.54) is 0 Å². The largest absolute Gasteiger partial charge is 0.370 e. The maximum Gasteiger partial charge on any atom is 0.258 e. The minimum atomic E-state index is -3.33. The van der Waals surface area contributed by atoms with Gasteiger partial charge in [-0.2, -0.15) is 0 Å². The van der Waals surface area contributed by atoms with Gasteiger partial charge in [-0.3, -0.25) is 4.57 Å². The third-order valence-corrected chi connectivity index (χ3v) is 7.77. The van der Waals surface area contributed by atoms with E-state index in [2.05, 4.69) is 5.32 Å². The highest BCUT2D eigenvalue weighted by molar-refractivity contribution is 7.68. The number of rotatable bonds is 7. The maximum atomic E-state index is 14.6. The van der Waals surface area contributed by atoms with Gasteiger partial charge in [-0.1, -0.05) is 84.9 Å². The highest BCUT2D eigenvalue weighted by atomic mass is 31.2. The first-order chi connectivity index (χ1) is 14.2. The second-order valence-electron chi connectivity index (χ2n) is 6.84. The first kappa shape index (κ1) is 19.4. The van der Waals surface area contributed by atoms with E-state index in [9.17, 15) is 4.57 Å². The van der Waals surface area contributed by atoms with Crippen molar-refractivity contribution in [3.8, 4) is 0 Å². The van der Waals surface area contributed by atoms with Crippen LogP contribution in [-0.2, 0) is 9.09 Å². The van der Waals surface area contributed by atoms with Crippen LogP contribution < -0.4 is 10.6 Å². The Morgan fingerprint density at radius 3 is 2.14 bits per heavy atom. The SMILES string of the molecule is CCO[P@](=O)(c1cccc2ccccc12)[C@@H](Nc1ccccc1)c1ccccc1. The summed E-state index contributed by atoms with van der Waals surface area (Å²) in [6, 6.07) is 33.7. The fourth-order valence-corrected chi connectivity index (χ4v) is 6.31. The van der Waals surface area contributed by atoms with E-state index in [1.807, 2.05) is 110 Å². The van der Waals surface area contributed by atoms with Crippen molar-refractivity contribution in [3.05, 3.63) is 109 Å². The maximum absolute atomic E-state index is 14.6. The molecular formula is C25H24NO2P. The van der Waals surface area contributed by atoms with Crippen LogP contribution in [0.15, 0.2) is 103 Å². The number of anilines is 1. The Morgan fingerprint density at radius 2 is 1.41 bits per heavy atom. The summed E-state index contributed by atoms with van der Waals surface area (Å²) in [6.07, 6.45) is 0. The summed E-state index contributed by atoms with van der Waals surface area (Å²) in [6.45, 7) is 2.25. The summed E-state index contributed by atoms with van der Waals surface area (Å²) < 4.78 is 20.8. The predicted molar refractivity (Wildman–Crippen MR) is 122 cm³/mol. The van der Waals surface area contributed by atoms with Gasteiger partial charge in [0.1, 0.15) is 5.78 Å². The lowest BCUT2D eigenvalue weighted by Crippen LogP contribution is -2.21. The van der Waals surface area contributed by atoms with Gasteiger partial charge in [0.2, 0.25) is 0 Å². The average molecular weight is 401 g/mol. The van der Waals surface area contributed by atoms with E-state index in [0.717, 1.165) is 27.3 Å². The van der Waals surface area contributed by atoms with Crippen LogP contribution in [0.25, 0.3) is 10.8 Å². The molecule has 0 amide bonds. The van der Waals surface area contributed by atoms with E-state index >= 15 is 0 Å². The lowest BCUT2D eigenvalue weighted by atomic mass is 10.1. The first-order valence-electron chi connectivity index (χ1n) is 9.81. The average Bonchev–Trinajstić information content (AvgIpc) is 2.78. The molecule has 0 saturated carbocycles. The molecule has 0 aliphatic carbocycles. The molecule has 0 heterocycles. The molecule has 0 radical (unpaired) electrons. The Labute approximate surface area is 171 Å². The molecule has 3 nitrogen and oxygen atoms in total. The number of hydrogen-bond donors (Lipinski definition) is 1. The number of nitrogens with one attached hydrogen (secondary N) is 1. The van der Waals surface area contributed by atoms with Crippen LogP contribution in [0.2, 0.25) is 0 Å². The Kier molecular flexibility index (Phi) is 5.80. The first-order valence-corrected chi connectivity index (χ1v) is 11.5. The highest BCUT2D eigenvalue weighted by Gasteiger charge is 2.38. The van der Waals surface area contributed by atoms with E-state index in [-0.39, 0.29) is 0 Å². The molecule has 0 saturated heterocycles. The van der Waals surface area contributed by atoms with E-state index in [4.69, 9.17) is 4.52 Å². The van der Waals surface area contributed by atoms with Gasteiger partial charge in [0.15, 0.2) is 0 Å². The van der Waals surface area contributed by atoms with Crippen molar-refractivity contribution >= 4 is 29.1 Å². The van der Waals surface area contributed by atoms with Crippen LogP contribution in [0.3, 0.4) is 0 Å². The molecule has 1 N–H and O–H groups in total. The topological polar surface area (TPSA) is 38.3 Å². The molecule has 0 unspecified atom stereocenters. The van der Waals surface area contributed by atoms with Gasteiger partial charge in [0, 0.05) is 11.0 Å². The molecule has 0 bridgehead atoms. The van der Waals surface area contributed by atoms with Crippen molar-refractivity contribution in [2.75, 3.05) is 11.9 Å². The molecule has 4 heteroatoms. The standard InChI is InChI=1S/C25H24NO2P/c1-2-28-29(27,24-19-11-15-20-12-9-10-18-23(20)24)25(21-13-5-3-6-14-21)26-22-16-7-4-8-17-22/h3-19,25-26H,2H2,1H3/t25-,29-/m1/s1. The van der Waals surface area contributed by atoms with Gasteiger partial charge in [-0.15, -0.1) is 0 Å².